The fourth-order valence-corrected chi connectivity index (χ4v) is 3.45. The van der Waals surface area contributed by atoms with E-state index in [1.165, 1.54) is 12.8 Å². The molecule has 0 aliphatic carbocycles. The zero-order chi connectivity index (χ0) is 17.8. The van der Waals surface area contributed by atoms with Crippen LogP contribution < -0.4 is 10.2 Å². The predicted molar refractivity (Wildman–Crippen MR) is 101 cm³/mol. The third-order valence-corrected chi connectivity index (χ3v) is 4.83. The first-order chi connectivity index (χ1) is 12.1. The number of carbonyl (C=O) groups is 1. The molecule has 0 unspecified atom stereocenters. The van der Waals surface area contributed by atoms with Crippen LogP contribution in [0.5, 0.6) is 0 Å². The summed E-state index contributed by atoms with van der Waals surface area (Å²) >= 11 is 1.54. The molecule has 3 rings (SSSR count). The van der Waals surface area contributed by atoms with Gasteiger partial charge >= 0.3 is 0 Å². The van der Waals surface area contributed by atoms with Crippen molar-refractivity contribution in [2.45, 2.75) is 44.8 Å². The molecule has 1 aliphatic heterocycles. The van der Waals surface area contributed by atoms with Crippen LogP contribution in [0, 0.1) is 5.92 Å². The van der Waals surface area contributed by atoms with Gasteiger partial charge in [0.15, 0.2) is 10.8 Å². The van der Waals surface area contributed by atoms with E-state index in [-0.39, 0.29) is 5.91 Å². The summed E-state index contributed by atoms with van der Waals surface area (Å²) in [4.78, 5) is 23.5. The molecule has 0 atom stereocenters. The summed E-state index contributed by atoms with van der Waals surface area (Å²) in [6.07, 6.45) is 6.80. The molecule has 1 N–H and O–H groups in total. The van der Waals surface area contributed by atoms with Gasteiger partial charge in [0, 0.05) is 26.1 Å². The highest BCUT2D eigenvalue weighted by molar-refractivity contribution is 7.98. The standard InChI is InChI=1S/C17H26N6OS/c1-12(2)10-14(24)18-6-9-23-16-13(11-19-23)15(20-17(21-16)25-3)22-7-4-5-8-22/h11-12H,4-10H2,1-3H3,(H,18,24). The van der Waals surface area contributed by atoms with Gasteiger partial charge in [-0.2, -0.15) is 5.10 Å². The van der Waals surface area contributed by atoms with Crippen molar-refractivity contribution < 1.29 is 4.79 Å². The van der Waals surface area contributed by atoms with Gasteiger partial charge in [0.1, 0.15) is 5.82 Å². The summed E-state index contributed by atoms with van der Waals surface area (Å²) in [6, 6.07) is 0. The maximum Gasteiger partial charge on any atom is 0.220 e. The van der Waals surface area contributed by atoms with Crippen LogP contribution in [0.3, 0.4) is 0 Å². The Bertz CT molecular complexity index is 738. The average Bonchev–Trinajstić information content (AvgIpc) is 3.23. The monoisotopic (exact) mass is 362 g/mol. The van der Waals surface area contributed by atoms with Crippen molar-refractivity contribution in [2.24, 2.45) is 5.92 Å². The van der Waals surface area contributed by atoms with Crippen molar-refractivity contribution in [3.8, 4) is 0 Å². The molecule has 0 bridgehead atoms. The number of thioether (sulfide) groups is 1. The Balaban J connectivity index is 1.77. The lowest BCUT2D eigenvalue weighted by Crippen LogP contribution is -2.28. The zero-order valence-corrected chi connectivity index (χ0v) is 16.0. The average molecular weight is 363 g/mol. The van der Waals surface area contributed by atoms with Gasteiger partial charge in [0.2, 0.25) is 5.91 Å². The first kappa shape index (κ1) is 18.0. The van der Waals surface area contributed by atoms with Gasteiger partial charge in [-0.3, -0.25) is 4.79 Å². The van der Waals surface area contributed by atoms with Crippen LogP contribution in [0.1, 0.15) is 33.1 Å². The Morgan fingerprint density at radius 2 is 2.08 bits per heavy atom. The number of rotatable bonds is 7. The van der Waals surface area contributed by atoms with Gasteiger partial charge in [-0.05, 0) is 25.0 Å². The number of nitrogens with one attached hydrogen (secondary N) is 1. The lowest BCUT2D eigenvalue weighted by molar-refractivity contribution is -0.121. The molecule has 1 aliphatic rings. The van der Waals surface area contributed by atoms with E-state index >= 15 is 0 Å². The Morgan fingerprint density at radius 3 is 2.76 bits per heavy atom. The van der Waals surface area contributed by atoms with Gasteiger partial charge in [-0.1, -0.05) is 25.6 Å². The number of carbonyl (C=O) groups excluding carboxylic acids is 1. The van der Waals surface area contributed by atoms with Crippen LogP contribution in [0.4, 0.5) is 5.82 Å². The number of nitrogens with zero attached hydrogens (tertiary/aromatic N) is 5. The van der Waals surface area contributed by atoms with E-state index in [9.17, 15) is 4.79 Å². The normalized spacial score (nSPS) is 14.6. The number of aromatic nitrogens is 4. The lowest BCUT2D eigenvalue weighted by Gasteiger charge is -2.17. The lowest BCUT2D eigenvalue weighted by atomic mass is 10.1. The van der Waals surface area contributed by atoms with Crippen LogP contribution in [-0.4, -0.2) is 51.5 Å². The zero-order valence-electron chi connectivity index (χ0n) is 15.2. The molecular formula is C17H26N6OS. The minimum Gasteiger partial charge on any atom is -0.356 e. The molecule has 8 heteroatoms. The molecule has 7 nitrogen and oxygen atoms in total. The van der Waals surface area contributed by atoms with Gasteiger partial charge in [-0.15, -0.1) is 0 Å². The van der Waals surface area contributed by atoms with E-state index in [1.54, 1.807) is 11.8 Å². The molecule has 25 heavy (non-hydrogen) atoms. The van der Waals surface area contributed by atoms with Gasteiger partial charge in [-0.25, -0.2) is 14.6 Å². The van der Waals surface area contributed by atoms with E-state index in [4.69, 9.17) is 4.98 Å². The van der Waals surface area contributed by atoms with Crippen LogP contribution in [0.25, 0.3) is 11.0 Å². The minimum absolute atomic E-state index is 0.0867. The maximum absolute atomic E-state index is 11.8. The maximum atomic E-state index is 11.8. The minimum atomic E-state index is 0.0867. The van der Waals surface area contributed by atoms with Crippen LogP contribution >= 0.6 is 11.8 Å². The molecule has 0 spiro atoms. The molecule has 0 aromatic carbocycles. The Labute approximate surface area is 152 Å². The van der Waals surface area contributed by atoms with E-state index in [1.807, 2.05) is 31.0 Å². The first-order valence-electron chi connectivity index (χ1n) is 8.87. The van der Waals surface area contributed by atoms with Crippen molar-refractivity contribution >= 4 is 34.5 Å². The summed E-state index contributed by atoms with van der Waals surface area (Å²) in [6.45, 7) is 7.33. The largest absolute Gasteiger partial charge is 0.356 e. The SMILES string of the molecule is CSc1nc(N2CCCC2)c2cnn(CCNC(=O)CC(C)C)c2n1. The van der Waals surface area contributed by atoms with Gasteiger partial charge < -0.3 is 10.2 Å². The molecule has 2 aromatic heterocycles. The smallest absolute Gasteiger partial charge is 0.220 e. The Hall–Kier alpha value is -1.83. The first-order valence-corrected chi connectivity index (χ1v) is 10.1. The summed E-state index contributed by atoms with van der Waals surface area (Å²) in [5.41, 5.74) is 0.847. The van der Waals surface area contributed by atoms with Crippen molar-refractivity contribution in [2.75, 3.05) is 30.8 Å². The van der Waals surface area contributed by atoms with Crippen LogP contribution in [0.15, 0.2) is 11.4 Å². The number of anilines is 1. The van der Waals surface area contributed by atoms with Crippen molar-refractivity contribution in [1.29, 1.82) is 0 Å². The molecule has 3 heterocycles. The van der Waals surface area contributed by atoms with Crippen molar-refractivity contribution in [1.82, 2.24) is 25.1 Å². The fourth-order valence-electron chi connectivity index (χ4n) is 3.09. The molecule has 1 saturated heterocycles. The molecule has 136 valence electrons. The topological polar surface area (TPSA) is 75.9 Å². The number of fused-ring (bicyclic) bond motifs is 1. The third-order valence-electron chi connectivity index (χ3n) is 4.28. The highest BCUT2D eigenvalue weighted by atomic mass is 32.2. The predicted octanol–water partition coefficient (Wildman–Crippen LogP) is 2.31. The molecule has 0 saturated carbocycles. The van der Waals surface area contributed by atoms with Gasteiger partial charge in [0.05, 0.1) is 18.1 Å². The number of hydrogen-bond acceptors (Lipinski definition) is 6. The molecule has 2 aromatic rings. The van der Waals surface area contributed by atoms with E-state index in [2.05, 4.69) is 20.3 Å². The second-order valence-corrected chi connectivity index (χ2v) is 7.55. The van der Waals surface area contributed by atoms with E-state index < -0.39 is 0 Å². The van der Waals surface area contributed by atoms with E-state index in [0.717, 1.165) is 35.1 Å². The van der Waals surface area contributed by atoms with Crippen LogP contribution in [0.2, 0.25) is 0 Å². The highest BCUT2D eigenvalue weighted by Gasteiger charge is 2.20. The molecule has 1 amide bonds. The quantitative estimate of drug-likeness (QED) is 0.602. The second-order valence-electron chi connectivity index (χ2n) is 6.78. The second kappa shape index (κ2) is 8.03. The molecule has 0 radical (unpaired) electrons. The summed E-state index contributed by atoms with van der Waals surface area (Å²) in [5, 5.41) is 9.20. The third kappa shape index (κ3) is 4.23. The molecule has 1 fully saturated rings. The molecular weight excluding hydrogens is 336 g/mol. The number of hydrogen-bond donors (Lipinski definition) is 1. The van der Waals surface area contributed by atoms with E-state index in [0.29, 0.717) is 25.4 Å². The van der Waals surface area contributed by atoms with Gasteiger partial charge in [0.25, 0.3) is 0 Å². The van der Waals surface area contributed by atoms with Crippen molar-refractivity contribution in [3.05, 3.63) is 6.20 Å². The van der Waals surface area contributed by atoms with Crippen molar-refractivity contribution in [3.63, 3.8) is 0 Å². The number of amides is 1. The summed E-state index contributed by atoms with van der Waals surface area (Å²) in [7, 11) is 0. The fraction of sp³-hybridized carbons (Fsp3) is 0.647. The highest BCUT2D eigenvalue weighted by Crippen LogP contribution is 2.28. The Morgan fingerprint density at radius 1 is 1.32 bits per heavy atom. The van der Waals surface area contributed by atoms with Crippen LogP contribution in [-0.2, 0) is 11.3 Å². The summed E-state index contributed by atoms with van der Waals surface area (Å²) in [5.74, 6) is 1.44. The summed E-state index contributed by atoms with van der Waals surface area (Å²) < 4.78 is 1.87. The Kier molecular flexibility index (Phi) is 5.78.